The lowest BCUT2D eigenvalue weighted by atomic mass is 10.1. The first-order valence-electron chi connectivity index (χ1n) is 5.76. The number of anilines is 2. The lowest BCUT2D eigenvalue weighted by Crippen LogP contribution is -2.19. The average molecular weight is 321 g/mol. The van der Waals surface area contributed by atoms with Crippen LogP contribution in [0.2, 0.25) is 0 Å². The minimum Gasteiger partial charge on any atom is -0.370 e. The van der Waals surface area contributed by atoms with Crippen LogP contribution in [0.5, 0.6) is 0 Å². The van der Waals surface area contributed by atoms with Crippen LogP contribution < -0.4 is 10.6 Å². The van der Waals surface area contributed by atoms with Gasteiger partial charge in [0.15, 0.2) is 0 Å². The molecule has 0 saturated heterocycles. The van der Waals surface area contributed by atoms with E-state index in [1.54, 1.807) is 12.1 Å². The van der Waals surface area contributed by atoms with Gasteiger partial charge in [0.1, 0.15) is 11.9 Å². The molecule has 2 aromatic carbocycles. The molecule has 1 aliphatic rings. The number of carbonyl (C=O) groups is 1. The van der Waals surface area contributed by atoms with Gasteiger partial charge < -0.3 is 10.6 Å². The zero-order chi connectivity index (χ0) is 13.4. The molecule has 1 atom stereocenters. The largest absolute Gasteiger partial charge is 0.370 e. The van der Waals surface area contributed by atoms with Crippen molar-refractivity contribution in [2.45, 2.75) is 6.04 Å². The third-order valence-electron chi connectivity index (χ3n) is 3.02. The second-order valence-electron chi connectivity index (χ2n) is 4.27. The van der Waals surface area contributed by atoms with Crippen LogP contribution in [-0.2, 0) is 4.79 Å². The van der Waals surface area contributed by atoms with Gasteiger partial charge in [-0.05, 0) is 36.4 Å². The van der Waals surface area contributed by atoms with Crippen LogP contribution in [0.15, 0.2) is 46.9 Å². The van der Waals surface area contributed by atoms with Crippen LogP contribution in [0.3, 0.4) is 0 Å². The number of hydrogen-bond acceptors (Lipinski definition) is 2. The number of nitrogens with one attached hydrogen (secondary N) is 2. The number of carbonyl (C=O) groups excluding carboxylic acids is 1. The quantitative estimate of drug-likeness (QED) is 0.886. The fourth-order valence-corrected chi connectivity index (χ4v) is 2.72. The molecule has 2 N–H and O–H groups in total. The van der Waals surface area contributed by atoms with Crippen molar-refractivity contribution < 1.29 is 9.18 Å². The average Bonchev–Trinajstić information content (AvgIpc) is 2.70. The standard InChI is InChI=1S/C14H10BrFN2O/c15-10-2-1-3-11-12(10)13(14(19)18-11)17-9-6-4-8(16)5-7-9/h1-7,13,17H,(H,18,19). The van der Waals surface area contributed by atoms with Crippen LogP contribution in [0.25, 0.3) is 0 Å². The van der Waals surface area contributed by atoms with Crippen molar-refractivity contribution in [3.63, 3.8) is 0 Å². The Labute approximate surface area is 118 Å². The van der Waals surface area contributed by atoms with Crippen LogP contribution in [0, 0.1) is 5.82 Å². The molecular formula is C14H10BrFN2O. The molecule has 0 spiro atoms. The van der Waals surface area contributed by atoms with Gasteiger partial charge in [-0.2, -0.15) is 0 Å². The van der Waals surface area contributed by atoms with Gasteiger partial charge in [0, 0.05) is 21.4 Å². The Hall–Kier alpha value is -1.88. The molecule has 1 aliphatic heterocycles. The molecule has 0 bridgehead atoms. The topological polar surface area (TPSA) is 41.1 Å². The van der Waals surface area contributed by atoms with Crippen molar-refractivity contribution in [2.75, 3.05) is 10.6 Å². The summed E-state index contributed by atoms with van der Waals surface area (Å²) in [5.41, 5.74) is 2.36. The Morgan fingerprint density at radius 3 is 2.63 bits per heavy atom. The number of hydrogen-bond donors (Lipinski definition) is 2. The number of benzene rings is 2. The Kier molecular flexibility index (Phi) is 2.98. The Morgan fingerprint density at radius 1 is 1.16 bits per heavy atom. The van der Waals surface area contributed by atoms with E-state index in [4.69, 9.17) is 0 Å². The third-order valence-corrected chi connectivity index (χ3v) is 3.71. The Morgan fingerprint density at radius 2 is 1.89 bits per heavy atom. The molecule has 0 fully saturated rings. The van der Waals surface area contributed by atoms with Gasteiger partial charge in [0.05, 0.1) is 0 Å². The maximum absolute atomic E-state index is 12.9. The predicted octanol–water partition coefficient (Wildman–Crippen LogP) is 3.69. The van der Waals surface area contributed by atoms with E-state index in [9.17, 15) is 9.18 Å². The maximum atomic E-state index is 12.9. The number of rotatable bonds is 2. The second-order valence-corrected chi connectivity index (χ2v) is 5.13. The number of amides is 1. The second kappa shape index (κ2) is 4.66. The van der Waals surface area contributed by atoms with E-state index in [2.05, 4.69) is 26.6 Å². The van der Waals surface area contributed by atoms with Crippen molar-refractivity contribution in [3.05, 3.63) is 58.3 Å². The highest BCUT2D eigenvalue weighted by atomic mass is 79.9. The third kappa shape index (κ3) is 2.21. The van der Waals surface area contributed by atoms with Crippen molar-refractivity contribution in [1.82, 2.24) is 0 Å². The first-order valence-corrected chi connectivity index (χ1v) is 6.56. The van der Waals surface area contributed by atoms with E-state index in [0.29, 0.717) is 5.69 Å². The first kappa shape index (κ1) is 12.2. The molecule has 0 saturated carbocycles. The number of fused-ring (bicyclic) bond motifs is 1. The summed E-state index contributed by atoms with van der Waals surface area (Å²) in [7, 11) is 0. The smallest absolute Gasteiger partial charge is 0.251 e. The lowest BCUT2D eigenvalue weighted by molar-refractivity contribution is -0.116. The fraction of sp³-hybridized carbons (Fsp3) is 0.0714. The monoisotopic (exact) mass is 320 g/mol. The van der Waals surface area contributed by atoms with E-state index >= 15 is 0 Å². The molecule has 3 rings (SSSR count). The molecule has 1 amide bonds. The molecular weight excluding hydrogens is 311 g/mol. The summed E-state index contributed by atoms with van der Waals surface area (Å²) in [6, 6.07) is 11.1. The molecule has 19 heavy (non-hydrogen) atoms. The molecule has 0 aliphatic carbocycles. The molecule has 0 aromatic heterocycles. The van der Waals surface area contributed by atoms with Crippen molar-refractivity contribution in [3.8, 4) is 0 Å². The summed E-state index contributed by atoms with van der Waals surface area (Å²) in [6.45, 7) is 0. The van der Waals surface area contributed by atoms with E-state index in [0.717, 1.165) is 15.7 Å². The van der Waals surface area contributed by atoms with Gasteiger partial charge in [-0.1, -0.05) is 22.0 Å². The summed E-state index contributed by atoms with van der Waals surface area (Å²) >= 11 is 3.45. The lowest BCUT2D eigenvalue weighted by Gasteiger charge is -2.14. The van der Waals surface area contributed by atoms with Crippen LogP contribution in [0.1, 0.15) is 11.6 Å². The Bertz CT molecular complexity index is 642. The van der Waals surface area contributed by atoms with E-state index in [1.807, 2.05) is 18.2 Å². The van der Waals surface area contributed by atoms with Crippen LogP contribution in [-0.4, -0.2) is 5.91 Å². The highest BCUT2D eigenvalue weighted by molar-refractivity contribution is 9.10. The van der Waals surface area contributed by atoms with Crippen molar-refractivity contribution in [2.24, 2.45) is 0 Å². The van der Waals surface area contributed by atoms with Gasteiger partial charge in [-0.25, -0.2) is 4.39 Å². The van der Waals surface area contributed by atoms with Crippen molar-refractivity contribution >= 4 is 33.2 Å². The van der Waals surface area contributed by atoms with Gasteiger partial charge >= 0.3 is 0 Å². The van der Waals surface area contributed by atoms with Crippen LogP contribution in [0.4, 0.5) is 15.8 Å². The summed E-state index contributed by atoms with van der Waals surface area (Å²) in [5, 5.41) is 5.92. The van der Waals surface area contributed by atoms with E-state index in [-0.39, 0.29) is 11.7 Å². The molecule has 5 heteroatoms. The molecule has 1 heterocycles. The fourth-order valence-electron chi connectivity index (χ4n) is 2.13. The highest BCUT2D eigenvalue weighted by Gasteiger charge is 2.32. The summed E-state index contributed by atoms with van der Waals surface area (Å²) < 4.78 is 13.7. The molecule has 96 valence electrons. The molecule has 1 unspecified atom stereocenters. The van der Waals surface area contributed by atoms with Gasteiger partial charge in [-0.15, -0.1) is 0 Å². The normalized spacial score (nSPS) is 16.9. The summed E-state index contributed by atoms with van der Waals surface area (Å²) in [4.78, 5) is 12.0. The first-order chi connectivity index (χ1) is 9.15. The molecule has 2 aromatic rings. The Balaban J connectivity index is 1.94. The summed E-state index contributed by atoms with van der Waals surface area (Å²) in [6.07, 6.45) is 0. The summed E-state index contributed by atoms with van der Waals surface area (Å²) in [5.74, 6) is -0.422. The predicted molar refractivity (Wildman–Crippen MR) is 75.5 cm³/mol. The van der Waals surface area contributed by atoms with Gasteiger partial charge in [0.2, 0.25) is 0 Å². The highest BCUT2D eigenvalue weighted by Crippen LogP contribution is 2.38. The van der Waals surface area contributed by atoms with Crippen LogP contribution >= 0.6 is 15.9 Å². The minimum absolute atomic E-state index is 0.119. The maximum Gasteiger partial charge on any atom is 0.251 e. The van der Waals surface area contributed by atoms with E-state index in [1.165, 1.54) is 12.1 Å². The van der Waals surface area contributed by atoms with Gasteiger partial charge in [-0.3, -0.25) is 4.79 Å². The molecule has 0 radical (unpaired) electrons. The number of halogens is 2. The SMILES string of the molecule is O=C1Nc2cccc(Br)c2C1Nc1ccc(F)cc1. The molecule has 3 nitrogen and oxygen atoms in total. The minimum atomic E-state index is -0.476. The zero-order valence-electron chi connectivity index (χ0n) is 9.78. The zero-order valence-corrected chi connectivity index (χ0v) is 11.4. The van der Waals surface area contributed by atoms with Crippen molar-refractivity contribution in [1.29, 1.82) is 0 Å². The van der Waals surface area contributed by atoms with E-state index < -0.39 is 6.04 Å². The van der Waals surface area contributed by atoms with Gasteiger partial charge in [0.25, 0.3) is 5.91 Å².